The van der Waals surface area contributed by atoms with Crippen LogP contribution in [0.4, 0.5) is 0 Å². The highest BCUT2D eigenvalue weighted by Gasteiger charge is 2.09. The van der Waals surface area contributed by atoms with Crippen LogP contribution < -0.4 is 0 Å². The van der Waals surface area contributed by atoms with Crippen molar-refractivity contribution in [1.82, 2.24) is 0 Å². The Morgan fingerprint density at radius 3 is 1.86 bits per heavy atom. The minimum atomic E-state index is -0.678. The summed E-state index contributed by atoms with van der Waals surface area (Å²) in [5.41, 5.74) is 0. The van der Waals surface area contributed by atoms with E-state index >= 15 is 0 Å². The summed E-state index contributed by atoms with van der Waals surface area (Å²) in [6, 6.07) is 3.82. The first-order valence-electron chi connectivity index (χ1n) is 2.84. The third-order valence-electron chi connectivity index (χ3n) is 0.816. The summed E-state index contributed by atoms with van der Waals surface area (Å²) >= 11 is 0. The largest absolute Gasteiger partial charge is 0.0695 e. The molecule has 0 rings (SSSR count). The molecule has 2 heteroatoms. The van der Waals surface area contributed by atoms with Crippen LogP contribution >= 0.6 is 0 Å². The minimum absolute atomic E-state index is 0.678. The van der Waals surface area contributed by atoms with E-state index in [9.17, 15) is 0 Å². The molecule has 0 aromatic rings. The fourth-order valence-electron chi connectivity index (χ4n) is 0.612. The summed E-state index contributed by atoms with van der Waals surface area (Å²) in [5.74, 6) is 0. The second-order valence-electron chi connectivity index (χ2n) is 3.17. The van der Waals surface area contributed by atoms with Gasteiger partial charge < -0.3 is 0 Å². The van der Waals surface area contributed by atoms with Crippen LogP contribution in [0.2, 0.25) is 25.7 Å². The highest BCUT2D eigenvalue weighted by molar-refractivity contribution is 6.76. The lowest BCUT2D eigenvalue weighted by atomic mass is 10.9. The molecule has 7 heavy (non-hydrogen) atoms. The van der Waals surface area contributed by atoms with Gasteiger partial charge in [-0.2, -0.15) is 0 Å². The molecule has 0 saturated heterocycles. The molecule has 0 aliphatic rings. The normalized spacial score (nSPS) is 12.4. The van der Waals surface area contributed by atoms with Crippen LogP contribution in [0.25, 0.3) is 0 Å². The maximum absolute atomic E-state index is 2.41. The van der Waals surface area contributed by atoms with E-state index in [0.717, 1.165) is 0 Å². The molecule has 0 aromatic heterocycles. The Labute approximate surface area is 50.8 Å². The van der Waals surface area contributed by atoms with Gasteiger partial charge in [-0.25, -0.2) is 0 Å². The third kappa shape index (κ3) is 6.43. The van der Waals surface area contributed by atoms with Crippen molar-refractivity contribution in [2.24, 2.45) is 0 Å². The summed E-state index contributed by atoms with van der Waals surface area (Å²) in [5, 5.41) is 0. The summed E-state index contributed by atoms with van der Waals surface area (Å²) < 4.78 is 0. The Morgan fingerprint density at radius 1 is 1.43 bits per heavy atom. The fraction of sp³-hybridized carbons (Fsp3) is 0.800. The van der Waals surface area contributed by atoms with Crippen LogP contribution in [-0.4, -0.2) is 18.3 Å². The van der Waals surface area contributed by atoms with Crippen LogP contribution in [-0.2, 0) is 0 Å². The molecule has 0 spiro atoms. The van der Waals surface area contributed by atoms with Gasteiger partial charge in [0.05, 0.1) is 0 Å². The Kier molecular flexibility index (Phi) is 2.84. The third-order valence-corrected chi connectivity index (χ3v) is 3.67. The number of hydrogen-bond acceptors (Lipinski definition) is 0. The van der Waals surface area contributed by atoms with Gasteiger partial charge in [-0.1, -0.05) is 31.7 Å². The van der Waals surface area contributed by atoms with Crippen molar-refractivity contribution in [2.75, 3.05) is 0 Å². The standard InChI is InChI=1S/C5H15Si2/c1-7(2,3)5-4-6/h4H,5H2,1-3,6H3. The molecular weight excluding hydrogens is 116 g/mol. The van der Waals surface area contributed by atoms with Crippen molar-refractivity contribution in [1.29, 1.82) is 0 Å². The average molecular weight is 131 g/mol. The lowest BCUT2D eigenvalue weighted by molar-refractivity contribution is 1.48. The maximum Gasteiger partial charge on any atom is 0.0442 e. The van der Waals surface area contributed by atoms with Crippen LogP contribution in [0, 0.1) is 6.04 Å². The van der Waals surface area contributed by atoms with Crippen LogP contribution in [0.15, 0.2) is 0 Å². The second-order valence-corrected chi connectivity index (χ2v) is 9.52. The van der Waals surface area contributed by atoms with Crippen LogP contribution in [0.1, 0.15) is 0 Å². The predicted molar refractivity (Wildman–Crippen MR) is 42.4 cm³/mol. The summed E-state index contributed by atoms with van der Waals surface area (Å²) in [4.78, 5) is 0. The van der Waals surface area contributed by atoms with Crippen molar-refractivity contribution < 1.29 is 0 Å². The topological polar surface area (TPSA) is 0 Å². The fourth-order valence-corrected chi connectivity index (χ4v) is 5.51. The second kappa shape index (κ2) is 2.67. The Bertz CT molecular complexity index is 44.5. The first-order chi connectivity index (χ1) is 3.06. The Balaban J connectivity index is 3.15. The van der Waals surface area contributed by atoms with E-state index in [2.05, 4.69) is 25.7 Å². The van der Waals surface area contributed by atoms with Gasteiger partial charge in [0.2, 0.25) is 0 Å². The van der Waals surface area contributed by atoms with Gasteiger partial charge in [0.15, 0.2) is 0 Å². The number of rotatable bonds is 2. The molecule has 0 aromatic carbocycles. The van der Waals surface area contributed by atoms with Gasteiger partial charge in [0.1, 0.15) is 0 Å². The molecule has 0 saturated carbocycles. The van der Waals surface area contributed by atoms with Crippen molar-refractivity contribution in [3.8, 4) is 0 Å². The molecule has 0 amide bonds. The first-order valence-corrected chi connectivity index (χ1v) is 7.70. The molecule has 0 nitrogen and oxygen atoms in total. The molecule has 0 aliphatic heterocycles. The zero-order valence-electron chi connectivity index (χ0n) is 5.78. The van der Waals surface area contributed by atoms with E-state index in [-0.39, 0.29) is 0 Å². The summed E-state index contributed by atoms with van der Waals surface area (Å²) in [7, 11) is 0.602. The van der Waals surface area contributed by atoms with Gasteiger partial charge in [0.25, 0.3) is 0 Å². The Hall–Kier alpha value is 0.434. The predicted octanol–water partition coefficient (Wildman–Crippen LogP) is 0.852. The van der Waals surface area contributed by atoms with Gasteiger partial charge >= 0.3 is 0 Å². The molecule has 0 atom stereocenters. The molecule has 1 radical (unpaired) electrons. The van der Waals surface area contributed by atoms with E-state index in [4.69, 9.17) is 0 Å². The highest BCUT2D eigenvalue weighted by atomic mass is 28.3. The highest BCUT2D eigenvalue weighted by Crippen LogP contribution is 2.07. The van der Waals surface area contributed by atoms with E-state index < -0.39 is 8.07 Å². The Morgan fingerprint density at radius 2 is 1.86 bits per heavy atom. The van der Waals surface area contributed by atoms with Crippen LogP contribution in [0.5, 0.6) is 0 Å². The number of hydrogen-bond donors (Lipinski definition) is 0. The summed E-state index contributed by atoms with van der Waals surface area (Å²) in [6.45, 7) is 7.21. The van der Waals surface area contributed by atoms with Crippen LogP contribution in [0.3, 0.4) is 0 Å². The van der Waals surface area contributed by atoms with E-state index in [1.807, 2.05) is 0 Å². The molecule has 0 bridgehead atoms. The average Bonchev–Trinajstić information content (AvgIpc) is 1.30. The first kappa shape index (κ1) is 7.43. The lowest BCUT2D eigenvalue weighted by Gasteiger charge is -2.12. The summed E-state index contributed by atoms with van der Waals surface area (Å²) in [6.07, 6.45) is 0. The van der Waals surface area contributed by atoms with E-state index in [1.165, 1.54) is 16.3 Å². The van der Waals surface area contributed by atoms with Crippen molar-refractivity contribution >= 4 is 18.3 Å². The quantitative estimate of drug-likeness (QED) is 0.488. The van der Waals surface area contributed by atoms with Crippen molar-refractivity contribution in [3.05, 3.63) is 6.04 Å². The SMILES string of the molecule is C[Si](C)(C)C[CH][SiH3]. The molecule has 0 unspecified atom stereocenters. The van der Waals surface area contributed by atoms with Gasteiger partial charge in [-0.3, -0.25) is 0 Å². The van der Waals surface area contributed by atoms with Gasteiger partial charge in [0, 0.05) is 18.3 Å². The lowest BCUT2D eigenvalue weighted by Crippen LogP contribution is -2.18. The zero-order valence-corrected chi connectivity index (χ0v) is 8.78. The van der Waals surface area contributed by atoms with Crippen molar-refractivity contribution in [2.45, 2.75) is 25.7 Å². The molecule has 43 valence electrons. The zero-order chi connectivity index (χ0) is 5.91. The minimum Gasteiger partial charge on any atom is -0.0695 e. The smallest absolute Gasteiger partial charge is 0.0442 e. The van der Waals surface area contributed by atoms with E-state index in [0.29, 0.717) is 0 Å². The molecule has 0 heterocycles. The monoisotopic (exact) mass is 131 g/mol. The van der Waals surface area contributed by atoms with E-state index in [1.54, 1.807) is 0 Å². The molecule has 0 fully saturated rings. The molecule has 0 aliphatic carbocycles. The molecule has 0 N–H and O–H groups in total. The van der Waals surface area contributed by atoms with Crippen molar-refractivity contribution in [3.63, 3.8) is 0 Å². The van der Waals surface area contributed by atoms with Gasteiger partial charge in [-0.15, -0.1) is 0 Å². The van der Waals surface area contributed by atoms with Gasteiger partial charge in [-0.05, 0) is 0 Å². The maximum atomic E-state index is 2.41. The molecular formula is C5H15Si2.